The molecule has 7 heteroatoms. The molecule has 0 heterocycles. The van der Waals surface area contributed by atoms with Gasteiger partial charge in [-0.25, -0.2) is 0 Å². The number of benzene rings is 1. The maximum atomic E-state index is 11.1. The van der Waals surface area contributed by atoms with Gasteiger partial charge in [0, 0.05) is 5.56 Å². The van der Waals surface area contributed by atoms with Crippen molar-refractivity contribution in [2.45, 2.75) is 6.92 Å². The van der Waals surface area contributed by atoms with Crippen molar-refractivity contribution < 1.29 is 13.2 Å². The summed E-state index contributed by atoms with van der Waals surface area (Å²) in [5.74, 6) is -0.213. The van der Waals surface area contributed by atoms with E-state index in [1.165, 1.54) is 46.3 Å². The quantitative estimate of drug-likeness (QED) is 0.513. The summed E-state index contributed by atoms with van der Waals surface area (Å²) < 4.78 is 24.1. The highest BCUT2D eigenvalue weighted by molar-refractivity contribution is 14.2. The van der Waals surface area contributed by atoms with Gasteiger partial charge in [0.15, 0.2) is 5.78 Å². The number of Topliss-reactive ketones (excluding diaryl/α,β-unsaturated/α-hetero) is 1. The molecule has 0 amide bonds. The molecule has 0 radical (unpaired) electrons. The molecule has 4 nitrogen and oxygen atoms in total. The average Bonchev–Trinajstić information content (AvgIpc) is 2.05. The molecular weight excluding hydrogens is 353 g/mol. The van der Waals surface area contributed by atoms with E-state index >= 15 is 0 Å². The molecule has 0 unspecified atom stereocenters. The Hall–Kier alpha value is -0.340. The van der Waals surface area contributed by atoms with E-state index in [9.17, 15) is 13.2 Å². The first kappa shape index (κ1) is 12.7. The first-order chi connectivity index (χ1) is 6.79. The van der Waals surface area contributed by atoms with Crippen molar-refractivity contribution >= 4 is 51.5 Å². The minimum atomic E-state index is -3.37. The number of hydrogen-bond acceptors (Lipinski definition) is 3. The van der Waals surface area contributed by atoms with E-state index in [1.54, 1.807) is 0 Å². The van der Waals surface area contributed by atoms with Gasteiger partial charge in [-0.15, -0.1) is 0 Å². The number of rotatable bonds is 3. The Labute approximate surface area is 105 Å². The largest absolute Gasteiger partial charge is 0.294 e. The van der Waals surface area contributed by atoms with Gasteiger partial charge in [0.1, 0.15) is 0 Å². The van der Waals surface area contributed by atoms with Crippen LogP contribution in [0.2, 0.25) is 5.02 Å². The van der Waals surface area contributed by atoms with Crippen molar-refractivity contribution in [2.75, 3.05) is 4.72 Å². The third-order valence-corrected chi connectivity index (χ3v) is 3.06. The number of anilines is 1. The molecular formula is C8H7ClINO3S. The fourth-order valence-electron chi connectivity index (χ4n) is 0.999. The molecule has 0 aromatic heterocycles. The van der Waals surface area contributed by atoms with Crippen LogP contribution < -0.4 is 4.72 Å². The Bertz CT molecular complexity index is 501. The van der Waals surface area contributed by atoms with E-state index < -0.39 is 7.19 Å². The summed E-state index contributed by atoms with van der Waals surface area (Å²) in [5.41, 5.74) is 0.612. The molecule has 15 heavy (non-hydrogen) atoms. The van der Waals surface area contributed by atoms with Gasteiger partial charge >= 0.3 is 0 Å². The number of hydrogen-bond donors (Lipinski definition) is 1. The molecule has 1 aromatic rings. The van der Waals surface area contributed by atoms with Crippen molar-refractivity contribution in [1.29, 1.82) is 0 Å². The second-order valence-corrected chi connectivity index (χ2v) is 7.76. The summed E-state index contributed by atoms with van der Waals surface area (Å²) in [4.78, 5) is 11.1. The van der Waals surface area contributed by atoms with Crippen LogP contribution in [0, 0.1) is 0 Å². The van der Waals surface area contributed by atoms with Crippen molar-refractivity contribution in [1.82, 2.24) is 0 Å². The van der Waals surface area contributed by atoms with Crippen LogP contribution in [0.5, 0.6) is 0 Å². The molecule has 0 saturated heterocycles. The summed E-state index contributed by atoms with van der Waals surface area (Å²) in [6, 6.07) is 4.37. The topological polar surface area (TPSA) is 63.2 Å². The standard InChI is InChI=1S/C8H7ClINO3S/c1-5(12)7-4-6(2-3-8(7)9)11-15(10,13)14/h2-4,11H,1H3. The van der Waals surface area contributed by atoms with Crippen LogP contribution in [0.4, 0.5) is 5.69 Å². The van der Waals surface area contributed by atoms with Crippen LogP contribution in [0.3, 0.4) is 0 Å². The maximum Gasteiger partial charge on any atom is 0.286 e. The molecule has 0 spiro atoms. The Kier molecular flexibility index (Phi) is 3.96. The lowest BCUT2D eigenvalue weighted by Gasteiger charge is -2.05. The van der Waals surface area contributed by atoms with Gasteiger partial charge in [-0.1, -0.05) is 11.6 Å². The minimum Gasteiger partial charge on any atom is -0.294 e. The highest BCUT2D eigenvalue weighted by Crippen LogP contribution is 2.22. The Morgan fingerprint density at radius 3 is 2.53 bits per heavy atom. The summed E-state index contributed by atoms with van der Waals surface area (Å²) in [6.07, 6.45) is 0. The molecule has 1 aromatic carbocycles. The molecule has 0 aliphatic carbocycles. The van der Waals surface area contributed by atoms with E-state index in [0.29, 0.717) is 16.3 Å². The minimum absolute atomic E-state index is 0.213. The first-order valence-corrected chi connectivity index (χ1v) is 8.23. The van der Waals surface area contributed by atoms with Gasteiger partial charge in [-0.05, 0) is 25.1 Å². The summed E-state index contributed by atoms with van der Waals surface area (Å²) >= 11 is 7.02. The monoisotopic (exact) mass is 359 g/mol. The molecule has 0 fully saturated rings. The lowest BCUT2D eigenvalue weighted by molar-refractivity contribution is 0.101. The van der Waals surface area contributed by atoms with Crippen molar-refractivity contribution in [3.05, 3.63) is 28.8 Å². The Morgan fingerprint density at radius 1 is 1.47 bits per heavy atom. The van der Waals surface area contributed by atoms with Crippen molar-refractivity contribution in [3.8, 4) is 0 Å². The van der Waals surface area contributed by atoms with E-state index in [2.05, 4.69) is 4.72 Å². The van der Waals surface area contributed by atoms with Gasteiger partial charge < -0.3 is 0 Å². The van der Waals surface area contributed by atoms with E-state index in [0.717, 1.165) is 0 Å². The molecule has 82 valence electrons. The zero-order chi connectivity index (χ0) is 11.6. The normalized spacial score (nSPS) is 11.1. The second kappa shape index (κ2) is 4.67. The van der Waals surface area contributed by atoms with Crippen molar-refractivity contribution in [3.63, 3.8) is 0 Å². The highest BCUT2D eigenvalue weighted by Gasteiger charge is 2.09. The van der Waals surface area contributed by atoms with E-state index in [-0.39, 0.29) is 5.78 Å². The number of carbonyl (C=O) groups excluding carboxylic acids is 1. The van der Waals surface area contributed by atoms with Crippen molar-refractivity contribution in [2.24, 2.45) is 0 Å². The predicted molar refractivity (Wildman–Crippen MR) is 68.0 cm³/mol. The van der Waals surface area contributed by atoms with Crippen LogP contribution in [-0.2, 0) is 7.19 Å². The van der Waals surface area contributed by atoms with Gasteiger partial charge in [-0.3, -0.25) is 9.52 Å². The summed E-state index contributed by atoms with van der Waals surface area (Å²) in [5, 5.41) is 0.305. The Morgan fingerprint density at radius 2 is 2.07 bits per heavy atom. The lowest BCUT2D eigenvalue weighted by Crippen LogP contribution is -2.04. The van der Waals surface area contributed by atoms with Crippen LogP contribution in [0.15, 0.2) is 18.2 Å². The predicted octanol–water partition coefficient (Wildman–Crippen LogP) is 2.63. The van der Waals surface area contributed by atoms with E-state index in [1.807, 2.05) is 0 Å². The molecule has 0 aliphatic rings. The Balaban J connectivity index is 3.14. The SMILES string of the molecule is CC(=O)c1cc(NS(=O)(=O)I)ccc1Cl. The zero-order valence-electron chi connectivity index (χ0n) is 7.62. The fraction of sp³-hybridized carbons (Fsp3) is 0.125. The van der Waals surface area contributed by atoms with Gasteiger partial charge in [0.2, 0.25) is 0 Å². The van der Waals surface area contributed by atoms with Crippen LogP contribution in [-0.4, -0.2) is 14.2 Å². The zero-order valence-corrected chi connectivity index (χ0v) is 11.4. The van der Waals surface area contributed by atoms with Crippen LogP contribution in [0.1, 0.15) is 17.3 Å². The first-order valence-electron chi connectivity index (χ1n) is 3.82. The molecule has 0 saturated carbocycles. The van der Waals surface area contributed by atoms with Crippen LogP contribution in [0.25, 0.3) is 0 Å². The van der Waals surface area contributed by atoms with Crippen LogP contribution >= 0.6 is 32.8 Å². The smallest absolute Gasteiger partial charge is 0.286 e. The number of halogens is 2. The number of ketones is 1. The van der Waals surface area contributed by atoms with Gasteiger partial charge in [0.05, 0.1) is 31.9 Å². The maximum absolute atomic E-state index is 11.1. The van der Waals surface area contributed by atoms with Gasteiger partial charge in [0.25, 0.3) is 7.19 Å². The number of carbonyl (C=O) groups is 1. The third-order valence-electron chi connectivity index (χ3n) is 1.59. The molecule has 1 rings (SSSR count). The molecule has 1 N–H and O–H groups in total. The molecule has 0 aliphatic heterocycles. The number of nitrogens with one attached hydrogen (secondary N) is 1. The average molecular weight is 360 g/mol. The summed E-state index contributed by atoms with van der Waals surface area (Å²) in [7, 11) is -3.37. The van der Waals surface area contributed by atoms with E-state index in [4.69, 9.17) is 11.6 Å². The summed E-state index contributed by atoms with van der Waals surface area (Å²) in [6.45, 7) is 1.36. The van der Waals surface area contributed by atoms with Gasteiger partial charge in [-0.2, -0.15) is 8.42 Å². The second-order valence-electron chi connectivity index (χ2n) is 2.79. The third kappa shape index (κ3) is 3.96. The molecule has 0 atom stereocenters. The molecule has 0 bridgehead atoms. The fourth-order valence-corrected chi connectivity index (χ4v) is 2.42. The lowest BCUT2D eigenvalue weighted by atomic mass is 10.1. The highest BCUT2D eigenvalue weighted by atomic mass is 127.